The number of nitro groups is 1. The Morgan fingerprint density at radius 2 is 1.78 bits per heavy atom. The molecule has 9 nitrogen and oxygen atoms in total. The molecule has 0 radical (unpaired) electrons. The fraction of sp³-hybridized carbons (Fsp3) is 0.235. The second-order valence-electron chi connectivity index (χ2n) is 5.92. The number of carboxylic acid groups (broad SMARTS) is 1. The van der Waals surface area contributed by atoms with Crippen LogP contribution in [0.1, 0.15) is 27.0 Å². The average molecular weight is 394 g/mol. The molecule has 0 unspecified atom stereocenters. The lowest BCUT2D eigenvalue weighted by atomic mass is 10.1. The zero-order valence-electron chi connectivity index (χ0n) is 15.1. The standard InChI is InChI=1S/C17H18N2O7S/c1-9-5-12(19(22)23)7-15(11(9)3)27(24,25)18-16-10(2)6-13(26-4)8-14(16)17(20)21/h5-8,18H,1-4H3,(H,20,21). The van der Waals surface area contributed by atoms with E-state index >= 15 is 0 Å². The summed E-state index contributed by atoms with van der Waals surface area (Å²) in [5, 5.41) is 20.5. The highest BCUT2D eigenvalue weighted by molar-refractivity contribution is 7.92. The molecule has 0 aliphatic rings. The van der Waals surface area contributed by atoms with E-state index in [2.05, 4.69) is 4.72 Å². The van der Waals surface area contributed by atoms with E-state index in [0.29, 0.717) is 16.7 Å². The summed E-state index contributed by atoms with van der Waals surface area (Å²) in [4.78, 5) is 21.6. The summed E-state index contributed by atoms with van der Waals surface area (Å²) in [5.41, 5.74) is 0.284. The van der Waals surface area contributed by atoms with E-state index in [1.54, 1.807) is 6.92 Å². The molecule has 0 spiro atoms. The van der Waals surface area contributed by atoms with Crippen LogP contribution in [0.15, 0.2) is 29.2 Å². The number of rotatable bonds is 6. The fourth-order valence-electron chi connectivity index (χ4n) is 2.56. The number of sulfonamides is 1. The quantitative estimate of drug-likeness (QED) is 0.567. The summed E-state index contributed by atoms with van der Waals surface area (Å²) in [7, 11) is -2.92. The maximum Gasteiger partial charge on any atom is 0.337 e. The Kier molecular flexibility index (Phi) is 5.41. The van der Waals surface area contributed by atoms with Crippen molar-refractivity contribution in [1.29, 1.82) is 0 Å². The highest BCUT2D eigenvalue weighted by Gasteiger charge is 2.25. The van der Waals surface area contributed by atoms with Crippen molar-refractivity contribution < 1.29 is 28.0 Å². The topological polar surface area (TPSA) is 136 Å². The second kappa shape index (κ2) is 7.23. The van der Waals surface area contributed by atoms with E-state index in [4.69, 9.17) is 4.74 Å². The van der Waals surface area contributed by atoms with Crippen LogP contribution in [0.5, 0.6) is 5.75 Å². The molecule has 2 aromatic carbocycles. The maximum absolute atomic E-state index is 12.9. The number of aromatic carboxylic acids is 1. The molecule has 0 aromatic heterocycles. The Balaban J connectivity index is 2.65. The van der Waals surface area contributed by atoms with E-state index in [1.165, 1.54) is 39.2 Å². The molecule has 0 amide bonds. The minimum Gasteiger partial charge on any atom is -0.497 e. The number of hydrogen-bond donors (Lipinski definition) is 2. The first kappa shape index (κ1) is 20.2. The van der Waals surface area contributed by atoms with E-state index < -0.39 is 20.9 Å². The monoisotopic (exact) mass is 394 g/mol. The molecule has 0 saturated heterocycles. The number of hydrogen-bond acceptors (Lipinski definition) is 6. The molecule has 0 saturated carbocycles. The van der Waals surface area contributed by atoms with Gasteiger partial charge in [0.2, 0.25) is 0 Å². The number of nitro benzene ring substituents is 1. The number of carbonyl (C=O) groups is 1. The van der Waals surface area contributed by atoms with Crippen LogP contribution >= 0.6 is 0 Å². The van der Waals surface area contributed by atoms with Crippen LogP contribution in [0.4, 0.5) is 11.4 Å². The normalized spacial score (nSPS) is 11.1. The van der Waals surface area contributed by atoms with Crippen molar-refractivity contribution in [2.75, 3.05) is 11.8 Å². The third-order valence-electron chi connectivity index (χ3n) is 4.12. The SMILES string of the molecule is COc1cc(C)c(NS(=O)(=O)c2cc([N+](=O)[O-])cc(C)c2C)c(C(=O)O)c1. The van der Waals surface area contributed by atoms with E-state index in [1.807, 2.05) is 0 Å². The summed E-state index contributed by atoms with van der Waals surface area (Å²) >= 11 is 0. The van der Waals surface area contributed by atoms with E-state index in [9.17, 15) is 28.4 Å². The average Bonchev–Trinajstić information content (AvgIpc) is 2.57. The minimum atomic E-state index is -4.28. The van der Waals surface area contributed by atoms with Crippen LogP contribution < -0.4 is 9.46 Å². The predicted molar refractivity (Wildman–Crippen MR) is 98.1 cm³/mol. The van der Waals surface area contributed by atoms with Crippen molar-refractivity contribution >= 4 is 27.4 Å². The van der Waals surface area contributed by atoms with E-state index in [0.717, 1.165) is 6.07 Å². The highest BCUT2D eigenvalue weighted by atomic mass is 32.2. The highest BCUT2D eigenvalue weighted by Crippen LogP contribution is 2.31. The molecular formula is C17H18N2O7S. The first-order valence-corrected chi connectivity index (χ1v) is 9.16. The molecule has 27 heavy (non-hydrogen) atoms. The molecule has 2 N–H and O–H groups in total. The van der Waals surface area contributed by atoms with Crippen LogP contribution in [0.3, 0.4) is 0 Å². The molecule has 0 bridgehead atoms. The summed E-state index contributed by atoms with van der Waals surface area (Å²) < 4.78 is 33.0. The summed E-state index contributed by atoms with van der Waals surface area (Å²) in [6.45, 7) is 4.60. The van der Waals surface area contributed by atoms with Crippen LogP contribution in [0.25, 0.3) is 0 Å². The molecule has 144 valence electrons. The zero-order valence-corrected chi connectivity index (χ0v) is 15.9. The number of aryl methyl sites for hydroxylation is 2. The van der Waals surface area contributed by atoms with Crippen LogP contribution in [-0.2, 0) is 10.0 Å². The second-order valence-corrected chi connectivity index (χ2v) is 7.57. The van der Waals surface area contributed by atoms with Gasteiger partial charge in [-0.2, -0.15) is 0 Å². The van der Waals surface area contributed by atoms with Gasteiger partial charge in [0.25, 0.3) is 15.7 Å². The van der Waals surface area contributed by atoms with Gasteiger partial charge < -0.3 is 9.84 Å². The summed E-state index contributed by atoms with van der Waals surface area (Å²) in [5.74, 6) is -1.09. The molecular weight excluding hydrogens is 376 g/mol. The molecule has 10 heteroatoms. The molecule has 0 atom stereocenters. The Morgan fingerprint density at radius 1 is 1.15 bits per heavy atom. The first-order chi connectivity index (χ1) is 12.5. The Morgan fingerprint density at radius 3 is 2.30 bits per heavy atom. The van der Waals surface area contributed by atoms with Crippen molar-refractivity contribution in [3.63, 3.8) is 0 Å². The van der Waals surface area contributed by atoms with Crippen LogP contribution in [0.2, 0.25) is 0 Å². The lowest BCUT2D eigenvalue weighted by molar-refractivity contribution is -0.385. The molecule has 0 aliphatic carbocycles. The number of anilines is 1. The molecule has 0 fully saturated rings. The number of nitrogens with one attached hydrogen (secondary N) is 1. The predicted octanol–water partition coefficient (Wildman–Crippen LogP) is 3.03. The molecule has 0 heterocycles. The molecule has 2 aromatic rings. The Labute approximate surface area is 155 Å². The van der Waals surface area contributed by atoms with Crippen molar-refractivity contribution in [2.45, 2.75) is 25.7 Å². The minimum absolute atomic E-state index is 0.133. The van der Waals surface area contributed by atoms with Gasteiger partial charge in [0.05, 0.1) is 28.2 Å². The summed E-state index contributed by atoms with van der Waals surface area (Å²) in [6.07, 6.45) is 0. The zero-order chi connectivity index (χ0) is 20.5. The van der Waals surface area contributed by atoms with Crippen molar-refractivity contribution in [2.24, 2.45) is 0 Å². The molecule has 0 aliphatic heterocycles. The van der Waals surface area contributed by atoms with Crippen molar-refractivity contribution in [3.8, 4) is 5.75 Å². The third kappa shape index (κ3) is 4.00. The van der Waals surface area contributed by atoms with E-state index in [-0.39, 0.29) is 27.6 Å². The number of ether oxygens (including phenoxy) is 1. The Hall–Kier alpha value is -3.14. The largest absolute Gasteiger partial charge is 0.497 e. The lowest BCUT2D eigenvalue weighted by Gasteiger charge is -2.16. The maximum atomic E-state index is 12.9. The number of nitrogens with zero attached hydrogens (tertiary/aromatic N) is 1. The van der Waals surface area contributed by atoms with Gasteiger partial charge in [-0.25, -0.2) is 13.2 Å². The summed E-state index contributed by atoms with van der Waals surface area (Å²) in [6, 6.07) is 4.90. The van der Waals surface area contributed by atoms with Gasteiger partial charge in [-0.05, 0) is 49.6 Å². The number of benzene rings is 2. The van der Waals surface area contributed by atoms with Gasteiger partial charge in [0.1, 0.15) is 5.75 Å². The Bertz CT molecular complexity index is 1050. The smallest absolute Gasteiger partial charge is 0.337 e. The first-order valence-electron chi connectivity index (χ1n) is 7.68. The number of non-ortho nitro benzene ring substituents is 1. The van der Waals surface area contributed by atoms with Crippen LogP contribution in [0, 0.1) is 30.9 Å². The number of carboxylic acids is 1. The van der Waals surface area contributed by atoms with Gasteiger partial charge in [0, 0.05) is 12.1 Å². The van der Waals surface area contributed by atoms with Crippen LogP contribution in [-0.4, -0.2) is 31.5 Å². The van der Waals surface area contributed by atoms with Gasteiger partial charge in [-0.3, -0.25) is 14.8 Å². The number of methoxy groups -OCH3 is 1. The third-order valence-corrected chi connectivity index (χ3v) is 5.59. The van der Waals surface area contributed by atoms with Crippen molar-refractivity contribution in [3.05, 3.63) is 56.6 Å². The molecule has 2 rings (SSSR count). The fourth-order valence-corrected chi connectivity index (χ4v) is 4.05. The lowest BCUT2D eigenvalue weighted by Crippen LogP contribution is -2.18. The van der Waals surface area contributed by atoms with Gasteiger partial charge in [-0.15, -0.1) is 0 Å². The van der Waals surface area contributed by atoms with Gasteiger partial charge in [0.15, 0.2) is 0 Å². The van der Waals surface area contributed by atoms with Gasteiger partial charge >= 0.3 is 5.97 Å². The van der Waals surface area contributed by atoms with Crippen molar-refractivity contribution in [1.82, 2.24) is 0 Å². The van der Waals surface area contributed by atoms with Gasteiger partial charge in [-0.1, -0.05) is 0 Å².